The standard InChI is InChI=1S/C29H48N8O6/c1-16(2)14-20(30)25(39)36-22(15-19-10-7-6-8-11-19)27(41)35-21(12-9-13-33-29(31)32)26(40)34-18(5)24(38)37-23(17(3)4)28(42)43/h6-8,10-11,16-18,20-23H,9,12-15,30H2,1-5H3,(H,34,40)(H,35,41)(H,36,39)(H,37,38)(H,42,43)(H4,31,32,33)/t18-,20-,21-,22-,23-/m0/s1. The zero-order valence-electron chi connectivity index (χ0n) is 25.6. The van der Waals surface area contributed by atoms with Gasteiger partial charge in [-0.3, -0.25) is 24.2 Å². The van der Waals surface area contributed by atoms with Gasteiger partial charge in [-0.2, -0.15) is 0 Å². The van der Waals surface area contributed by atoms with Crippen LogP contribution in [0.3, 0.4) is 0 Å². The fourth-order valence-corrected chi connectivity index (χ4v) is 4.17. The molecule has 14 nitrogen and oxygen atoms in total. The van der Waals surface area contributed by atoms with Crippen LogP contribution in [0.15, 0.2) is 35.3 Å². The minimum absolute atomic E-state index is 0.102. The molecule has 0 aromatic heterocycles. The normalized spacial score (nSPS) is 14.5. The van der Waals surface area contributed by atoms with E-state index in [0.717, 1.165) is 5.56 Å². The Balaban J connectivity index is 3.14. The molecule has 14 heteroatoms. The van der Waals surface area contributed by atoms with Gasteiger partial charge in [0, 0.05) is 13.0 Å². The summed E-state index contributed by atoms with van der Waals surface area (Å²) in [6.07, 6.45) is 0.964. The minimum atomic E-state index is -1.20. The van der Waals surface area contributed by atoms with Gasteiger partial charge in [0.25, 0.3) is 0 Å². The number of aliphatic imine (C=N–C) groups is 1. The van der Waals surface area contributed by atoms with E-state index in [-0.39, 0.29) is 31.3 Å². The van der Waals surface area contributed by atoms with Crippen LogP contribution in [0.2, 0.25) is 0 Å². The number of nitrogens with two attached hydrogens (primary N) is 3. The predicted octanol–water partition coefficient (Wildman–Crippen LogP) is -0.644. The molecule has 43 heavy (non-hydrogen) atoms. The van der Waals surface area contributed by atoms with Crippen molar-refractivity contribution in [2.24, 2.45) is 34.0 Å². The highest BCUT2D eigenvalue weighted by molar-refractivity contribution is 5.95. The Morgan fingerprint density at radius 3 is 1.93 bits per heavy atom. The van der Waals surface area contributed by atoms with Crippen LogP contribution in [0, 0.1) is 11.8 Å². The molecule has 0 fully saturated rings. The van der Waals surface area contributed by atoms with Crippen molar-refractivity contribution < 1.29 is 29.1 Å². The molecule has 4 amide bonds. The first-order valence-corrected chi connectivity index (χ1v) is 14.4. The van der Waals surface area contributed by atoms with Crippen molar-refractivity contribution in [1.82, 2.24) is 21.3 Å². The molecule has 5 atom stereocenters. The number of carboxylic acid groups (broad SMARTS) is 1. The topological polar surface area (TPSA) is 244 Å². The summed E-state index contributed by atoms with van der Waals surface area (Å²) in [6.45, 7) is 8.73. The molecule has 0 unspecified atom stereocenters. The molecule has 1 aromatic carbocycles. The molecule has 11 N–H and O–H groups in total. The van der Waals surface area contributed by atoms with Gasteiger partial charge in [-0.25, -0.2) is 4.79 Å². The number of hydrogen-bond acceptors (Lipinski definition) is 7. The molecule has 0 aliphatic carbocycles. The first kappa shape index (κ1) is 36.8. The summed E-state index contributed by atoms with van der Waals surface area (Å²) in [6, 6.07) is 3.78. The van der Waals surface area contributed by atoms with Crippen LogP contribution < -0.4 is 38.5 Å². The number of hydrogen-bond donors (Lipinski definition) is 8. The molecule has 0 spiro atoms. The van der Waals surface area contributed by atoms with Gasteiger partial charge in [0.05, 0.1) is 6.04 Å². The molecule has 0 bridgehead atoms. The summed E-state index contributed by atoms with van der Waals surface area (Å²) >= 11 is 0. The molecule has 1 rings (SSSR count). The number of nitrogens with zero attached hydrogens (tertiary/aromatic N) is 1. The zero-order valence-corrected chi connectivity index (χ0v) is 25.6. The van der Waals surface area contributed by atoms with E-state index >= 15 is 0 Å². The van der Waals surface area contributed by atoms with E-state index in [1.54, 1.807) is 26.0 Å². The van der Waals surface area contributed by atoms with Gasteiger partial charge in [-0.05, 0) is 43.6 Å². The smallest absolute Gasteiger partial charge is 0.326 e. The van der Waals surface area contributed by atoms with Crippen LogP contribution in [0.5, 0.6) is 0 Å². The highest BCUT2D eigenvalue weighted by Gasteiger charge is 2.31. The summed E-state index contributed by atoms with van der Waals surface area (Å²) in [4.78, 5) is 67.8. The van der Waals surface area contributed by atoms with Crippen molar-refractivity contribution >= 4 is 35.6 Å². The second-order valence-corrected chi connectivity index (χ2v) is 11.3. The minimum Gasteiger partial charge on any atom is -0.480 e. The van der Waals surface area contributed by atoms with Gasteiger partial charge in [-0.15, -0.1) is 0 Å². The summed E-state index contributed by atoms with van der Waals surface area (Å²) in [5.41, 5.74) is 17.6. The average molecular weight is 605 g/mol. The second-order valence-electron chi connectivity index (χ2n) is 11.3. The van der Waals surface area contributed by atoms with E-state index < -0.39 is 65.7 Å². The average Bonchev–Trinajstić information content (AvgIpc) is 2.92. The van der Waals surface area contributed by atoms with Gasteiger partial charge in [-0.1, -0.05) is 58.0 Å². The lowest BCUT2D eigenvalue weighted by Gasteiger charge is -2.26. The number of rotatable bonds is 18. The Morgan fingerprint density at radius 2 is 1.40 bits per heavy atom. The SMILES string of the molecule is CC(C)C[C@H](N)C(=O)N[C@@H](Cc1ccccc1)C(=O)N[C@@H](CCCN=C(N)N)C(=O)N[C@@H](C)C(=O)N[C@H](C(=O)O)C(C)C. The number of benzene rings is 1. The third-order valence-electron chi connectivity index (χ3n) is 6.54. The number of carbonyl (C=O) groups is 5. The third kappa shape index (κ3) is 14.0. The first-order valence-electron chi connectivity index (χ1n) is 14.4. The Kier molecular flexibility index (Phi) is 15.7. The van der Waals surface area contributed by atoms with Crippen LogP contribution in [-0.2, 0) is 30.4 Å². The van der Waals surface area contributed by atoms with Crippen LogP contribution in [0.25, 0.3) is 0 Å². The highest BCUT2D eigenvalue weighted by Crippen LogP contribution is 2.09. The van der Waals surface area contributed by atoms with E-state index in [0.29, 0.717) is 12.8 Å². The van der Waals surface area contributed by atoms with Crippen molar-refractivity contribution in [3.63, 3.8) is 0 Å². The van der Waals surface area contributed by atoms with E-state index in [4.69, 9.17) is 17.2 Å². The van der Waals surface area contributed by atoms with Crippen LogP contribution in [0.1, 0.15) is 59.4 Å². The van der Waals surface area contributed by atoms with E-state index in [2.05, 4.69) is 26.3 Å². The van der Waals surface area contributed by atoms with Crippen molar-refractivity contribution in [2.45, 2.75) is 90.5 Å². The second kappa shape index (κ2) is 18.4. The summed E-state index contributed by atoms with van der Waals surface area (Å²) in [5.74, 6) is -4.07. The fraction of sp³-hybridized carbons (Fsp3) is 0.586. The molecule has 1 aromatic rings. The maximum absolute atomic E-state index is 13.5. The number of amides is 4. The summed E-state index contributed by atoms with van der Waals surface area (Å²) < 4.78 is 0. The Bertz CT molecular complexity index is 1110. The molecule has 0 aliphatic heterocycles. The molecular formula is C29H48N8O6. The number of carboxylic acids is 1. The van der Waals surface area contributed by atoms with Crippen molar-refractivity contribution in [2.75, 3.05) is 6.54 Å². The largest absolute Gasteiger partial charge is 0.480 e. The lowest BCUT2D eigenvalue weighted by Crippen LogP contribution is -2.58. The number of aliphatic carboxylic acids is 1. The van der Waals surface area contributed by atoms with Gasteiger partial charge in [0.2, 0.25) is 23.6 Å². The molecule has 0 saturated heterocycles. The van der Waals surface area contributed by atoms with Crippen molar-refractivity contribution in [3.8, 4) is 0 Å². The highest BCUT2D eigenvalue weighted by atomic mass is 16.4. The van der Waals surface area contributed by atoms with Crippen LogP contribution >= 0.6 is 0 Å². The fourth-order valence-electron chi connectivity index (χ4n) is 4.17. The predicted molar refractivity (Wildman–Crippen MR) is 163 cm³/mol. The maximum atomic E-state index is 13.5. The van der Waals surface area contributed by atoms with E-state index in [1.807, 2.05) is 32.0 Å². The van der Waals surface area contributed by atoms with E-state index in [1.165, 1.54) is 6.92 Å². The third-order valence-corrected chi connectivity index (χ3v) is 6.54. The number of carbonyl (C=O) groups excluding carboxylic acids is 4. The van der Waals surface area contributed by atoms with Crippen LogP contribution in [0.4, 0.5) is 0 Å². The van der Waals surface area contributed by atoms with Gasteiger partial charge >= 0.3 is 5.97 Å². The van der Waals surface area contributed by atoms with Crippen LogP contribution in [-0.4, -0.2) is 77.4 Å². The Morgan fingerprint density at radius 1 is 0.814 bits per heavy atom. The van der Waals surface area contributed by atoms with E-state index in [9.17, 15) is 29.1 Å². The quantitative estimate of drug-likeness (QED) is 0.0602. The molecule has 0 aliphatic rings. The summed E-state index contributed by atoms with van der Waals surface area (Å²) in [7, 11) is 0. The summed E-state index contributed by atoms with van der Waals surface area (Å²) in [5, 5.41) is 19.7. The Labute approximate surface area is 253 Å². The molecule has 240 valence electrons. The monoisotopic (exact) mass is 604 g/mol. The number of guanidine groups is 1. The zero-order chi connectivity index (χ0) is 32.7. The lowest BCUT2D eigenvalue weighted by molar-refractivity contribution is -0.143. The van der Waals surface area contributed by atoms with Crippen molar-refractivity contribution in [1.29, 1.82) is 0 Å². The molecule has 0 heterocycles. The molecule has 0 radical (unpaired) electrons. The lowest BCUT2D eigenvalue weighted by atomic mass is 10.0. The van der Waals surface area contributed by atoms with Crippen molar-refractivity contribution in [3.05, 3.63) is 35.9 Å². The molecular weight excluding hydrogens is 556 g/mol. The number of nitrogens with one attached hydrogen (secondary N) is 4. The molecule has 0 saturated carbocycles. The maximum Gasteiger partial charge on any atom is 0.326 e. The van der Waals surface area contributed by atoms with Gasteiger partial charge in [0.15, 0.2) is 5.96 Å². The van der Waals surface area contributed by atoms with Gasteiger partial charge in [0.1, 0.15) is 24.2 Å². The Hall–Kier alpha value is -4.20. The van der Waals surface area contributed by atoms with Gasteiger partial charge < -0.3 is 43.6 Å². The first-order chi connectivity index (χ1) is 20.1.